The Morgan fingerprint density at radius 2 is 2.20 bits per heavy atom. The molecule has 1 aliphatic rings. The number of likely N-dealkylation sites (N-methyl/N-ethyl adjacent to an activating group) is 1. The zero-order valence-corrected chi connectivity index (χ0v) is 9.58. The van der Waals surface area contributed by atoms with Crippen molar-refractivity contribution < 1.29 is 9.53 Å². The highest BCUT2D eigenvalue weighted by Crippen LogP contribution is 2.10. The van der Waals surface area contributed by atoms with E-state index >= 15 is 0 Å². The van der Waals surface area contributed by atoms with Gasteiger partial charge >= 0.3 is 0 Å². The number of ketones is 1. The molecule has 0 aromatic heterocycles. The molecule has 0 aromatic carbocycles. The molecule has 1 N–H and O–H groups in total. The Balaban J connectivity index is 1.93. The van der Waals surface area contributed by atoms with Crippen molar-refractivity contribution in [1.29, 1.82) is 0 Å². The molecule has 1 aliphatic carbocycles. The molecule has 0 fully saturated rings. The van der Waals surface area contributed by atoms with Gasteiger partial charge in [0, 0.05) is 31.3 Å². The minimum Gasteiger partial charge on any atom is -0.386 e. The van der Waals surface area contributed by atoms with Crippen molar-refractivity contribution in [3.05, 3.63) is 11.8 Å². The van der Waals surface area contributed by atoms with E-state index in [1.54, 1.807) is 6.08 Å². The van der Waals surface area contributed by atoms with Gasteiger partial charge in [-0.05, 0) is 20.5 Å². The van der Waals surface area contributed by atoms with E-state index < -0.39 is 0 Å². The highest BCUT2D eigenvalue weighted by molar-refractivity contribution is 5.92. The first kappa shape index (κ1) is 12.2. The van der Waals surface area contributed by atoms with Gasteiger partial charge in [0.05, 0.1) is 13.2 Å². The number of ether oxygens (including phenoxy) is 1. The summed E-state index contributed by atoms with van der Waals surface area (Å²) >= 11 is 0. The number of nitrogens with one attached hydrogen (secondary N) is 1. The summed E-state index contributed by atoms with van der Waals surface area (Å²) in [7, 11) is 4.05. The third-order valence-corrected chi connectivity index (χ3v) is 2.26. The van der Waals surface area contributed by atoms with E-state index in [1.807, 2.05) is 14.1 Å². The van der Waals surface area contributed by atoms with Crippen LogP contribution in [-0.4, -0.2) is 51.1 Å². The lowest BCUT2D eigenvalue weighted by Crippen LogP contribution is -2.22. The molecule has 86 valence electrons. The van der Waals surface area contributed by atoms with Crippen LogP contribution >= 0.6 is 0 Å². The molecule has 0 spiro atoms. The molecular weight excluding hydrogens is 192 g/mol. The number of hydrogen-bond acceptors (Lipinski definition) is 4. The molecule has 0 radical (unpaired) electrons. The SMILES string of the molecule is CN(C)CCOCCNC1=CC(=O)CC1. The van der Waals surface area contributed by atoms with Crippen molar-refractivity contribution in [2.45, 2.75) is 12.8 Å². The van der Waals surface area contributed by atoms with E-state index in [4.69, 9.17) is 4.74 Å². The summed E-state index contributed by atoms with van der Waals surface area (Å²) < 4.78 is 5.41. The fraction of sp³-hybridized carbons (Fsp3) is 0.727. The number of carbonyl (C=O) groups is 1. The standard InChI is InChI=1S/C11H20N2O2/c1-13(2)6-8-15-7-5-12-10-3-4-11(14)9-10/h9,12H,3-8H2,1-2H3. The third kappa shape index (κ3) is 5.54. The van der Waals surface area contributed by atoms with Gasteiger partial charge in [0.1, 0.15) is 0 Å². The molecule has 0 amide bonds. The second kappa shape index (κ2) is 6.58. The molecule has 0 saturated carbocycles. The van der Waals surface area contributed by atoms with Crippen molar-refractivity contribution in [1.82, 2.24) is 10.2 Å². The predicted molar refractivity (Wildman–Crippen MR) is 59.7 cm³/mol. The maximum Gasteiger partial charge on any atom is 0.157 e. The Hall–Kier alpha value is -0.870. The van der Waals surface area contributed by atoms with Gasteiger partial charge in [0.15, 0.2) is 5.78 Å². The average molecular weight is 212 g/mol. The highest BCUT2D eigenvalue weighted by atomic mass is 16.5. The van der Waals surface area contributed by atoms with E-state index in [9.17, 15) is 4.79 Å². The van der Waals surface area contributed by atoms with E-state index in [0.717, 1.165) is 31.8 Å². The first-order valence-electron chi connectivity index (χ1n) is 5.38. The van der Waals surface area contributed by atoms with Crippen molar-refractivity contribution in [2.75, 3.05) is 40.4 Å². The smallest absolute Gasteiger partial charge is 0.157 e. The molecule has 0 saturated heterocycles. The average Bonchev–Trinajstić information content (AvgIpc) is 2.57. The van der Waals surface area contributed by atoms with E-state index in [0.29, 0.717) is 13.0 Å². The molecule has 4 nitrogen and oxygen atoms in total. The summed E-state index contributed by atoms with van der Waals surface area (Å²) in [5.74, 6) is 0.228. The fourth-order valence-electron chi connectivity index (χ4n) is 1.37. The van der Waals surface area contributed by atoms with E-state index in [1.165, 1.54) is 0 Å². The molecule has 0 unspecified atom stereocenters. The predicted octanol–water partition coefficient (Wildman–Crippen LogP) is 0.401. The molecule has 0 aromatic rings. The molecule has 0 heterocycles. The second-order valence-corrected chi connectivity index (χ2v) is 3.98. The Bertz CT molecular complexity index is 237. The quantitative estimate of drug-likeness (QED) is 0.620. The zero-order valence-electron chi connectivity index (χ0n) is 9.58. The van der Waals surface area contributed by atoms with Crippen LogP contribution in [0.4, 0.5) is 0 Å². The molecule has 0 aliphatic heterocycles. The van der Waals surface area contributed by atoms with Crippen LogP contribution < -0.4 is 5.32 Å². The number of allylic oxidation sites excluding steroid dienone is 2. The molecule has 4 heteroatoms. The van der Waals surface area contributed by atoms with Crippen LogP contribution in [0.25, 0.3) is 0 Å². The first-order chi connectivity index (χ1) is 7.18. The van der Waals surface area contributed by atoms with E-state index in [2.05, 4.69) is 10.2 Å². The van der Waals surface area contributed by atoms with Crippen LogP contribution in [0.15, 0.2) is 11.8 Å². The minimum absolute atomic E-state index is 0.228. The summed E-state index contributed by atoms with van der Waals surface area (Å²) in [5, 5.41) is 3.20. The van der Waals surface area contributed by atoms with Gasteiger partial charge in [-0.25, -0.2) is 0 Å². The van der Waals surface area contributed by atoms with Crippen LogP contribution in [0.1, 0.15) is 12.8 Å². The number of nitrogens with zero attached hydrogens (tertiary/aromatic N) is 1. The molecule has 0 atom stereocenters. The van der Waals surface area contributed by atoms with Crippen molar-refractivity contribution >= 4 is 5.78 Å². The number of rotatable bonds is 7. The molecule has 0 bridgehead atoms. The highest BCUT2D eigenvalue weighted by Gasteiger charge is 2.10. The first-order valence-corrected chi connectivity index (χ1v) is 5.38. The van der Waals surface area contributed by atoms with Crippen LogP contribution in [0, 0.1) is 0 Å². The monoisotopic (exact) mass is 212 g/mol. The Labute approximate surface area is 91.3 Å². The largest absolute Gasteiger partial charge is 0.386 e. The van der Waals surface area contributed by atoms with Crippen LogP contribution in [0.3, 0.4) is 0 Å². The minimum atomic E-state index is 0.228. The normalized spacial score (nSPS) is 15.9. The maximum absolute atomic E-state index is 10.9. The molecule has 15 heavy (non-hydrogen) atoms. The fourth-order valence-corrected chi connectivity index (χ4v) is 1.37. The lowest BCUT2D eigenvalue weighted by Gasteiger charge is -2.10. The summed E-state index contributed by atoms with van der Waals surface area (Å²) in [6, 6.07) is 0. The van der Waals surface area contributed by atoms with Gasteiger partial charge < -0.3 is 15.0 Å². The van der Waals surface area contributed by atoms with Crippen molar-refractivity contribution in [3.63, 3.8) is 0 Å². The summed E-state index contributed by atoms with van der Waals surface area (Å²) in [6.07, 6.45) is 3.21. The van der Waals surface area contributed by atoms with Gasteiger partial charge in [-0.3, -0.25) is 4.79 Å². The van der Waals surface area contributed by atoms with Crippen LogP contribution in [0.5, 0.6) is 0 Å². The lowest BCUT2D eigenvalue weighted by atomic mass is 10.3. The van der Waals surface area contributed by atoms with E-state index in [-0.39, 0.29) is 5.78 Å². The van der Waals surface area contributed by atoms with Crippen LogP contribution in [-0.2, 0) is 9.53 Å². The van der Waals surface area contributed by atoms with Gasteiger partial charge in [0.25, 0.3) is 0 Å². The summed E-state index contributed by atoms with van der Waals surface area (Å²) in [4.78, 5) is 13.0. The second-order valence-electron chi connectivity index (χ2n) is 3.98. The van der Waals surface area contributed by atoms with Crippen molar-refractivity contribution in [2.24, 2.45) is 0 Å². The molecular formula is C11H20N2O2. The summed E-state index contributed by atoms with van der Waals surface area (Å²) in [6.45, 7) is 3.18. The van der Waals surface area contributed by atoms with Crippen LogP contribution in [0.2, 0.25) is 0 Å². The zero-order chi connectivity index (χ0) is 11.1. The Morgan fingerprint density at radius 3 is 2.80 bits per heavy atom. The van der Waals surface area contributed by atoms with Gasteiger partial charge in [-0.2, -0.15) is 0 Å². The Kier molecular flexibility index (Phi) is 5.36. The van der Waals surface area contributed by atoms with Gasteiger partial charge in [0.2, 0.25) is 0 Å². The third-order valence-electron chi connectivity index (χ3n) is 2.26. The summed E-state index contributed by atoms with van der Waals surface area (Å²) in [5.41, 5.74) is 1.05. The maximum atomic E-state index is 10.9. The van der Waals surface area contributed by atoms with Crippen molar-refractivity contribution in [3.8, 4) is 0 Å². The lowest BCUT2D eigenvalue weighted by molar-refractivity contribution is -0.114. The number of carbonyl (C=O) groups excluding carboxylic acids is 1. The Morgan fingerprint density at radius 1 is 1.40 bits per heavy atom. The van der Waals surface area contributed by atoms with Gasteiger partial charge in [-0.15, -0.1) is 0 Å². The molecule has 1 rings (SSSR count). The topological polar surface area (TPSA) is 41.6 Å². The number of hydrogen-bond donors (Lipinski definition) is 1. The van der Waals surface area contributed by atoms with Gasteiger partial charge in [-0.1, -0.05) is 0 Å².